The SMILES string of the molecule is CSc1ncccc1C(=O)Nc1cccc(F)c1F. The van der Waals surface area contributed by atoms with Crippen molar-refractivity contribution >= 4 is 23.4 Å². The third-order valence-electron chi connectivity index (χ3n) is 2.41. The average molecular weight is 280 g/mol. The number of pyridine rings is 1. The van der Waals surface area contributed by atoms with E-state index in [-0.39, 0.29) is 5.69 Å². The van der Waals surface area contributed by atoms with E-state index in [9.17, 15) is 13.6 Å². The summed E-state index contributed by atoms with van der Waals surface area (Å²) < 4.78 is 26.5. The van der Waals surface area contributed by atoms with Crippen LogP contribution in [-0.2, 0) is 0 Å². The van der Waals surface area contributed by atoms with Gasteiger partial charge in [0.2, 0.25) is 0 Å². The number of rotatable bonds is 3. The summed E-state index contributed by atoms with van der Waals surface area (Å²) in [6, 6.07) is 6.79. The van der Waals surface area contributed by atoms with E-state index in [1.165, 1.54) is 23.9 Å². The first-order chi connectivity index (χ1) is 9.13. The lowest BCUT2D eigenvalue weighted by atomic mass is 10.2. The summed E-state index contributed by atoms with van der Waals surface area (Å²) in [6.45, 7) is 0. The monoisotopic (exact) mass is 280 g/mol. The molecular weight excluding hydrogens is 270 g/mol. The van der Waals surface area contributed by atoms with Gasteiger partial charge in [0.1, 0.15) is 5.03 Å². The van der Waals surface area contributed by atoms with Gasteiger partial charge in [0.15, 0.2) is 11.6 Å². The van der Waals surface area contributed by atoms with Crippen molar-refractivity contribution < 1.29 is 13.6 Å². The Balaban J connectivity index is 2.28. The number of thioether (sulfide) groups is 1. The highest BCUT2D eigenvalue weighted by atomic mass is 32.2. The van der Waals surface area contributed by atoms with Gasteiger partial charge in [-0.1, -0.05) is 6.07 Å². The van der Waals surface area contributed by atoms with Gasteiger partial charge in [-0.15, -0.1) is 11.8 Å². The van der Waals surface area contributed by atoms with Gasteiger partial charge in [0, 0.05) is 6.20 Å². The summed E-state index contributed by atoms with van der Waals surface area (Å²) in [5, 5.41) is 2.86. The van der Waals surface area contributed by atoms with Crippen molar-refractivity contribution in [2.45, 2.75) is 5.03 Å². The van der Waals surface area contributed by atoms with Gasteiger partial charge in [-0.25, -0.2) is 13.8 Å². The first-order valence-electron chi connectivity index (χ1n) is 5.38. The van der Waals surface area contributed by atoms with Crippen molar-refractivity contribution in [1.29, 1.82) is 0 Å². The van der Waals surface area contributed by atoms with Crippen LogP contribution in [0, 0.1) is 11.6 Å². The number of benzene rings is 1. The zero-order chi connectivity index (χ0) is 13.8. The highest BCUT2D eigenvalue weighted by molar-refractivity contribution is 7.98. The third-order valence-corrected chi connectivity index (χ3v) is 3.12. The zero-order valence-corrected chi connectivity index (χ0v) is 10.8. The van der Waals surface area contributed by atoms with Crippen LogP contribution in [0.15, 0.2) is 41.6 Å². The summed E-state index contributed by atoms with van der Waals surface area (Å²) in [7, 11) is 0. The van der Waals surface area contributed by atoms with Gasteiger partial charge >= 0.3 is 0 Å². The van der Waals surface area contributed by atoms with E-state index in [0.717, 1.165) is 6.07 Å². The highest BCUT2D eigenvalue weighted by Crippen LogP contribution is 2.21. The molecule has 0 radical (unpaired) electrons. The average Bonchev–Trinajstić information content (AvgIpc) is 2.43. The smallest absolute Gasteiger partial charge is 0.258 e. The van der Waals surface area contributed by atoms with Crippen molar-refractivity contribution in [1.82, 2.24) is 4.98 Å². The van der Waals surface area contributed by atoms with Crippen molar-refractivity contribution in [2.24, 2.45) is 0 Å². The van der Waals surface area contributed by atoms with E-state index in [4.69, 9.17) is 0 Å². The van der Waals surface area contributed by atoms with Crippen molar-refractivity contribution in [3.63, 3.8) is 0 Å². The normalized spacial score (nSPS) is 10.3. The molecule has 1 heterocycles. The molecule has 1 amide bonds. The predicted molar refractivity (Wildman–Crippen MR) is 70.3 cm³/mol. The number of carbonyl (C=O) groups is 1. The second kappa shape index (κ2) is 5.79. The molecule has 0 aliphatic carbocycles. The molecule has 0 saturated carbocycles. The van der Waals surface area contributed by atoms with Gasteiger partial charge < -0.3 is 5.32 Å². The fourth-order valence-corrected chi connectivity index (χ4v) is 2.06. The number of aromatic nitrogens is 1. The van der Waals surface area contributed by atoms with E-state index in [1.54, 1.807) is 24.6 Å². The summed E-state index contributed by atoms with van der Waals surface area (Å²) in [5.41, 5.74) is 0.125. The molecule has 0 aliphatic rings. The van der Waals surface area contributed by atoms with E-state index in [1.807, 2.05) is 0 Å². The van der Waals surface area contributed by atoms with Crippen LogP contribution >= 0.6 is 11.8 Å². The number of hydrogen-bond acceptors (Lipinski definition) is 3. The number of hydrogen-bond donors (Lipinski definition) is 1. The molecule has 2 rings (SSSR count). The van der Waals surface area contributed by atoms with Crippen LogP contribution in [0.4, 0.5) is 14.5 Å². The lowest BCUT2D eigenvalue weighted by Crippen LogP contribution is -2.14. The minimum atomic E-state index is -1.08. The molecule has 1 N–H and O–H groups in total. The molecule has 98 valence electrons. The van der Waals surface area contributed by atoms with E-state index < -0.39 is 17.5 Å². The molecule has 0 fully saturated rings. The molecule has 0 atom stereocenters. The summed E-state index contributed by atoms with van der Waals surface area (Å²) in [5.74, 6) is -2.61. The van der Waals surface area contributed by atoms with Crippen molar-refractivity contribution in [2.75, 3.05) is 11.6 Å². The minimum absolute atomic E-state index is 0.194. The van der Waals surface area contributed by atoms with Crippen LogP contribution in [-0.4, -0.2) is 17.1 Å². The minimum Gasteiger partial charge on any atom is -0.319 e. The maximum absolute atomic E-state index is 13.4. The fraction of sp³-hybridized carbons (Fsp3) is 0.0769. The number of amides is 1. The van der Waals surface area contributed by atoms with Gasteiger partial charge in [-0.05, 0) is 30.5 Å². The Labute approximate surface area is 113 Å². The quantitative estimate of drug-likeness (QED) is 0.877. The molecule has 0 spiro atoms. The Morgan fingerprint density at radius 2 is 2.05 bits per heavy atom. The van der Waals surface area contributed by atoms with Gasteiger partial charge in [0.05, 0.1) is 11.3 Å². The van der Waals surface area contributed by atoms with E-state index >= 15 is 0 Å². The third kappa shape index (κ3) is 2.90. The number of anilines is 1. The molecule has 19 heavy (non-hydrogen) atoms. The lowest BCUT2D eigenvalue weighted by molar-refractivity contribution is 0.102. The Bertz CT molecular complexity index is 619. The Morgan fingerprint density at radius 1 is 1.26 bits per heavy atom. The highest BCUT2D eigenvalue weighted by Gasteiger charge is 2.15. The fourth-order valence-electron chi connectivity index (χ4n) is 1.52. The first kappa shape index (κ1) is 13.5. The van der Waals surface area contributed by atoms with Crippen molar-refractivity contribution in [3.05, 3.63) is 53.7 Å². The Hall–Kier alpha value is -1.95. The molecule has 0 saturated heterocycles. The molecule has 1 aromatic heterocycles. The van der Waals surface area contributed by atoms with Crippen LogP contribution in [0.25, 0.3) is 0 Å². The van der Waals surface area contributed by atoms with Gasteiger partial charge in [-0.3, -0.25) is 4.79 Å². The largest absolute Gasteiger partial charge is 0.319 e. The number of nitrogens with one attached hydrogen (secondary N) is 1. The van der Waals surface area contributed by atoms with E-state index in [2.05, 4.69) is 10.3 Å². The second-order valence-electron chi connectivity index (χ2n) is 3.62. The lowest BCUT2D eigenvalue weighted by Gasteiger charge is -2.08. The van der Waals surface area contributed by atoms with Crippen LogP contribution in [0.1, 0.15) is 10.4 Å². The molecule has 3 nitrogen and oxygen atoms in total. The summed E-state index contributed by atoms with van der Waals surface area (Å²) >= 11 is 1.30. The molecule has 1 aromatic carbocycles. The summed E-state index contributed by atoms with van der Waals surface area (Å²) in [4.78, 5) is 16.0. The topological polar surface area (TPSA) is 42.0 Å². The second-order valence-corrected chi connectivity index (χ2v) is 4.41. The molecule has 0 unspecified atom stereocenters. The van der Waals surface area contributed by atoms with E-state index in [0.29, 0.717) is 10.6 Å². The molecule has 0 bridgehead atoms. The standard InChI is InChI=1S/C13H10F2N2OS/c1-19-13-8(4-3-7-16-13)12(18)17-10-6-2-5-9(14)11(10)15/h2-7H,1H3,(H,17,18). The maximum Gasteiger partial charge on any atom is 0.258 e. The first-order valence-corrected chi connectivity index (χ1v) is 6.60. The maximum atomic E-state index is 13.4. The van der Waals surface area contributed by atoms with Crippen LogP contribution in [0.3, 0.4) is 0 Å². The van der Waals surface area contributed by atoms with Crippen molar-refractivity contribution in [3.8, 4) is 0 Å². The van der Waals surface area contributed by atoms with Crippen LogP contribution < -0.4 is 5.32 Å². The molecule has 0 aliphatic heterocycles. The number of halogens is 2. The van der Waals surface area contributed by atoms with Crippen LogP contribution in [0.2, 0.25) is 0 Å². The van der Waals surface area contributed by atoms with Crippen LogP contribution in [0.5, 0.6) is 0 Å². The Morgan fingerprint density at radius 3 is 2.79 bits per heavy atom. The Kier molecular flexibility index (Phi) is 4.11. The summed E-state index contributed by atoms with van der Waals surface area (Å²) in [6.07, 6.45) is 3.34. The number of carbonyl (C=O) groups excluding carboxylic acids is 1. The number of nitrogens with zero attached hydrogens (tertiary/aromatic N) is 1. The molecule has 2 aromatic rings. The van der Waals surface area contributed by atoms with Gasteiger partial charge in [-0.2, -0.15) is 0 Å². The van der Waals surface area contributed by atoms with Gasteiger partial charge in [0.25, 0.3) is 5.91 Å². The predicted octanol–water partition coefficient (Wildman–Crippen LogP) is 3.33. The zero-order valence-electron chi connectivity index (χ0n) is 9.98. The molecule has 6 heteroatoms. The molecular formula is C13H10F2N2OS.